The highest BCUT2D eigenvalue weighted by Gasteiger charge is 2.61. The first kappa shape index (κ1) is 22.6. The standard InChI is InChI=1S/C28H35N3O/c1-18-13-19(7-8-22(18)16-29)14-24-27(2,3)26(28(24,4)5)30-25(32)21-9-10-23-17-31(6)12-11-20(23)15-21/h7-10,13,15,24,26H,11-12,14,17H2,1-6H3,(H,30,32)/t24-,26-. The van der Waals surface area contributed by atoms with Crippen LogP contribution in [0.3, 0.4) is 0 Å². The molecule has 0 spiro atoms. The van der Waals surface area contributed by atoms with E-state index in [2.05, 4.69) is 75.3 Å². The Bertz CT molecular complexity index is 1080. The molecule has 0 bridgehead atoms. The second-order valence-electron chi connectivity index (χ2n) is 11.0. The minimum Gasteiger partial charge on any atom is -0.348 e. The summed E-state index contributed by atoms with van der Waals surface area (Å²) in [6.07, 6.45) is 1.95. The smallest absolute Gasteiger partial charge is 0.251 e. The Morgan fingerprint density at radius 2 is 1.84 bits per heavy atom. The molecular formula is C28H35N3O. The number of benzene rings is 2. The van der Waals surface area contributed by atoms with Crippen molar-refractivity contribution in [3.63, 3.8) is 0 Å². The molecule has 168 valence electrons. The van der Waals surface area contributed by atoms with Gasteiger partial charge in [-0.05, 0) is 84.0 Å². The predicted molar refractivity (Wildman–Crippen MR) is 128 cm³/mol. The Hall–Kier alpha value is -2.64. The minimum atomic E-state index is -0.0160. The van der Waals surface area contributed by atoms with Gasteiger partial charge in [0.25, 0.3) is 5.91 Å². The van der Waals surface area contributed by atoms with E-state index >= 15 is 0 Å². The SMILES string of the molecule is Cc1cc(C[C@H]2C(C)(C)[C@H](NC(=O)c3ccc4c(c3)CCN(C)C4)C2(C)C)ccc1C#N. The zero-order chi connectivity index (χ0) is 23.3. The molecule has 32 heavy (non-hydrogen) atoms. The average Bonchev–Trinajstić information content (AvgIpc) is 2.75. The van der Waals surface area contributed by atoms with Crippen molar-refractivity contribution in [1.29, 1.82) is 5.26 Å². The van der Waals surface area contributed by atoms with Crippen LogP contribution in [0.1, 0.15) is 65.9 Å². The zero-order valence-corrected chi connectivity index (χ0v) is 20.2. The number of amides is 1. The first-order chi connectivity index (χ1) is 15.0. The summed E-state index contributed by atoms with van der Waals surface area (Å²) in [5.74, 6) is 0.470. The van der Waals surface area contributed by atoms with Gasteiger partial charge in [-0.25, -0.2) is 0 Å². The molecule has 0 unspecified atom stereocenters. The molecule has 1 aliphatic heterocycles. The van der Waals surface area contributed by atoms with Crippen LogP contribution in [0.4, 0.5) is 0 Å². The molecule has 2 aromatic rings. The number of carbonyl (C=O) groups excluding carboxylic acids is 1. The third kappa shape index (κ3) is 3.84. The van der Waals surface area contributed by atoms with Crippen LogP contribution in [0, 0.1) is 35.0 Å². The quantitative estimate of drug-likeness (QED) is 0.754. The average molecular weight is 430 g/mol. The van der Waals surface area contributed by atoms with Gasteiger partial charge in [0.15, 0.2) is 0 Å². The van der Waals surface area contributed by atoms with E-state index in [4.69, 9.17) is 0 Å². The van der Waals surface area contributed by atoms with Gasteiger partial charge in [-0.3, -0.25) is 4.79 Å². The molecule has 1 saturated carbocycles. The lowest BCUT2D eigenvalue weighted by Gasteiger charge is -2.64. The topological polar surface area (TPSA) is 56.1 Å². The summed E-state index contributed by atoms with van der Waals surface area (Å²) >= 11 is 0. The fraction of sp³-hybridized carbons (Fsp3) is 0.500. The van der Waals surface area contributed by atoms with E-state index in [0.717, 1.165) is 42.6 Å². The maximum absolute atomic E-state index is 13.2. The Kier molecular flexibility index (Phi) is 5.67. The fourth-order valence-corrected chi connectivity index (χ4v) is 6.39. The van der Waals surface area contributed by atoms with Gasteiger partial charge < -0.3 is 10.2 Å². The molecule has 0 radical (unpaired) electrons. The second kappa shape index (κ2) is 8.05. The van der Waals surface area contributed by atoms with Crippen molar-refractivity contribution < 1.29 is 4.79 Å². The highest BCUT2D eigenvalue weighted by Crippen LogP contribution is 2.60. The maximum atomic E-state index is 13.2. The minimum absolute atomic E-state index is 0.0160. The summed E-state index contributed by atoms with van der Waals surface area (Å²) in [4.78, 5) is 15.5. The van der Waals surface area contributed by atoms with E-state index in [1.54, 1.807) is 0 Å². The molecule has 4 heteroatoms. The van der Waals surface area contributed by atoms with Gasteiger partial charge in [0.05, 0.1) is 11.6 Å². The van der Waals surface area contributed by atoms with E-state index in [1.807, 2.05) is 19.1 Å². The van der Waals surface area contributed by atoms with Crippen LogP contribution in [-0.2, 0) is 19.4 Å². The second-order valence-corrected chi connectivity index (χ2v) is 11.0. The molecule has 1 amide bonds. The molecule has 0 aromatic heterocycles. The molecule has 4 rings (SSSR count). The summed E-state index contributed by atoms with van der Waals surface area (Å²) in [6, 6.07) is 14.7. The number of likely N-dealkylation sites (N-methyl/N-ethyl adjacent to an activating group) is 1. The number of aryl methyl sites for hydroxylation is 1. The first-order valence-electron chi connectivity index (χ1n) is 11.6. The molecule has 0 atom stereocenters. The Balaban J connectivity index is 1.49. The van der Waals surface area contributed by atoms with Gasteiger partial charge in [0, 0.05) is 24.7 Å². The number of nitrogens with one attached hydrogen (secondary N) is 1. The maximum Gasteiger partial charge on any atom is 0.251 e. The van der Waals surface area contributed by atoms with Gasteiger partial charge in [0.2, 0.25) is 0 Å². The van der Waals surface area contributed by atoms with Crippen LogP contribution in [0.15, 0.2) is 36.4 Å². The molecule has 1 N–H and O–H groups in total. The lowest BCUT2D eigenvalue weighted by atomic mass is 9.43. The van der Waals surface area contributed by atoms with E-state index in [0.29, 0.717) is 5.92 Å². The van der Waals surface area contributed by atoms with E-state index in [-0.39, 0.29) is 22.8 Å². The van der Waals surface area contributed by atoms with Gasteiger partial charge in [-0.2, -0.15) is 5.26 Å². The molecular weight excluding hydrogens is 394 g/mol. The molecule has 1 aliphatic carbocycles. The summed E-state index contributed by atoms with van der Waals surface area (Å²) in [7, 11) is 2.14. The number of fused-ring (bicyclic) bond motifs is 1. The number of hydrogen-bond donors (Lipinski definition) is 1. The van der Waals surface area contributed by atoms with Crippen LogP contribution < -0.4 is 5.32 Å². The summed E-state index contributed by atoms with van der Waals surface area (Å²) in [5, 5.41) is 12.6. The van der Waals surface area contributed by atoms with Crippen molar-refractivity contribution in [2.45, 2.75) is 60.0 Å². The Labute approximate surface area is 192 Å². The van der Waals surface area contributed by atoms with Crippen molar-refractivity contribution >= 4 is 5.91 Å². The van der Waals surface area contributed by atoms with Crippen molar-refractivity contribution in [2.75, 3.05) is 13.6 Å². The van der Waals surface area contributed by atoms with Crippen LogP contribution in [0.25, 0.3) is 0 Å². The molecule has 4 nitrogen and oxygen atoms in total. The number of hydrogen-bond acceptors (Lipinski definition) is 3. The van der Waals surface area contributed by atoms with E-state index in [9.17, 15) is 10.1 Å². The fourth-order valence-electron chi connectivity index (χ4n) is 6.39. The molecule has 1 fully saturated rings. The first-order valence-corrected chi connectivity index (χ1v) is 11.6. The Morgan fingerprint density at radius 1 is 1.12 bits per heavy atom. The molecule has 1 heterocycles. The normalized spacial score (nSPS) is 23.5. The predicted octanol–water partition coefficient (Wildman–Crippen LogP) is 4.88. The van der Waals surface area contributed by atoms with Crippen molar-refractivity contribution in [2.24, 2.45) is 16.7 Å². The van der Waals surface area contributed by atoms with Crippen molar-refractivity contribution in [3.8, 4) is 6.07 Å². The summed E-state index contributed by atoms with van der Waals surface area (Å²) in [6.45, 7) is 13.1. The van der Waals surface area contributed by atoms with E-state index < -0.39 is 0 Å². The lowest BCUT2D eigenvalue weighted by molar-refractivity contribution is -0.121. The Morgan fingerprint density at radius 3 is 2.50 bits per heavy atom. The number of nitriles is 1. The molecule has 2 aromatic carbocycles. The summed E-state index contributed by atoms with van der Waals surface area (Å²) in [5.41, 5.74) is 6.40. The van der Waals surface area contributed by atoms with Crippen molar-refractivity contribution in [1.82, 2.24) is 10.2 Å². The van der Waals surface area contributed by atoms with Crippen molar-refractivity contribution in [3.05, 3.63) is 69.8 Å². The molecule has 2 aliphatic rings. The van der Waals surface area contributed by atoms with Gasteiger partial charge in [-0.15, -0.1) is 0 Å². The van der Waals surface area contributed by atoms with Gasteiger partial charge in [-0.1, -0.05) is 45.9 Å². The van der Waals surface area contributed by atoms with Crippen LogP contribution >= 0.6 is 0 Å². The third-order valence-corrected chi connectivity index (χ3v) is 8.08. The number of rotatable bonds is 4. The van der Waals surface area contributed by atoms with Gasteiger partial charge >= 0.3 is 0 Å². The van der Waals surface area contributed by atoms with Crippen LogP contribution in [0.5, 0.6) is 0 Å². The lowest BCUT2D eigenvalue weighted by Crippen LogP contribution is -2.70. The third-order valence-electron chi connectivity index (χ3n) is 8.08. The van der Waals surface area contributed by atoms with Crippen LogP contribution in [-0.4, -0.2) is 30.4 Å². The highest BCUT2D eigenvalue weighted by atomic mass is 16.1. The zero-order valence-electron chi connectivity index (χ0n) is 20.2. The number of carbonyl (C=O) groups is 1. The molecule has 0 saturated heterocycles. The monoisotopic (exact) mass is 429 g/mol. The van der Waals surface area contributed by atoms with Crippen LogP contribution in [0.2, 0.25) is 0 Å². The largest absolute Gasteiger partial charge is 0.348 e. The summed E-state index contributed by atoms with van der Waals surface area (Å²) < 4.78 is 0. The number of nitrogens with zero attached hydrogens (tertiary/aromatic N) is 2. The van der Waals surface area contributed by atoms with E-state index in [1.165, 1.54) is 16.7 Å². The van der Waals surface area contributed by atoms with Gasteiger partial charge in [0.1, 0.15) is 0 Å². The highest BCUT2D eigenvalue weighted by molar-refractivity contribution is 5.95.